The van der Waals surface area contributed by atoms with E-state index in [2.05, 4.69) is 84.5 Å². The summed E-state index contributed by atoms with van der Waals surface area (Å²) in [4.78, 5) is 2.10. The van der Waals surface area contributed by atoms with Crippen molar-refractivity contribution in [2.24, 2.45) is 0 Å². The molecule has 0 aliphatic carbocycles. The molecule has 2 nitrogen and oxygen atoms in total. The molecule has 2 aromatic carbocycles. The highest BCUT2D eigenvalue weighted by atomic mass is 79.9. The highest BCUT2D eigenvalue weighted by molar-refractivity contribution is 9.13. The first-order chi connectivity index (χ1) is 9.06. The van der Waals surface area contributed by atoms with Crippen LogP contribution in [0.2, 0.25) is 0 Å². The summed E-state index contributed by atoms with van der Waals surface area (Å²) in [7, 11) is 4.09. The molecule has 0 aliphatic rings. The summed E-state index contributed by atoms with van der Waals surface area (Å²) in [5.41, 5.74) is 3.57. The minimum absolute atomic E-state index is 0.808. The second-order valence-electron chi connectivity index (χ2n) is 4.55. The van der Waals surface area contributed by atoms with Crippen LogP contribution in [0.5, 0.6) is 0 Å². The maximum atomic E-state index is 3.52. The Morgan fingerprint density at radius 2 is 1.79 bits per heavy atom. The molecule has 1 N–H and O–H groups in total. The van der Waals surface area contributed by atoms with E-state index in [4.69, 9.17) is 0 Å². The van der Waals surface area contributed by atoms with E-state index in [1.807, 2.05) is 14.1 Å². The molecule has 19 heavy (non-hydrogen) atoms. The Hall–Kier alpha value is -1.000. The molecule has 0 bridgehead atoms. The third-order valence-electron chi connectivity index (χ3n) is 2.84. The van der Waals surface area contributed by atoms with Gasteiger partial charge in [0.05, 0.1) is 0 Å². The first-order valence-electron chi connectivity index (χ1n) is 6.01. The molecule has 2 rings (SSSR count). The Labute approximate surface area is 131 Å². The van der Waals surface area contributed by atoms with Crippen molar-refractivity contribution in [3.8, 4) is 0 Å². The van der Waals surface area contributed by atoms with Gasteiger partial charge in [0.15, 0.2) is 0 Å². The number of hydrogen-bond donors (Lipinski definition) is 1. The molecule has 0 saturated heterocycles. The SMILES string of the molecule is CN(C)c1cccc(NCc2ccc(Br)c(Br)c2)c1. The van der Waals surface area contributed by atoms with Crippen LogP contribution in [-0.2, 0) is 6.54 Å². The second kappa shape index (κ2) is 6.44. The van der Waals surface area contributed by atoms with Gasteiger partial charge in [-0.15, -0.1) is 0 Å². The number of rotatable bonds is 4. The number of nitrogens with one attached hydrogen (secondary N) is 1. The lowest BCUT2D eigenvalue weighted by atomic mass is 10.2. The first kappa shape index (κ1) is 14.4. The van der Waals surface area contributed by atoms with Gasteiger partial charge in [-0.25, -0.2) is 0 Å². The van der Waals surface area contributed by atoms with Gasteiger partial charge in [-0.1, -0.05) is 12.1 Å². The molecular formula is C15H16Br2N2. The van der Waals surface area contributed by atoms with Gasteiger partial charge >= 0.3 is 0 Å². The van der Waals surface area contributed by atoms with E-state index in [1.165, 1.54) is 11.3 Å². The fourth-order valence-electron chi connectivity index (χ4n) is 1.75. The lowest BCUT2D eigenvalue weighted by Crippen LogP contribution is -2.09. The topological polar surface area (TPSA) is 15.3 Å². The monoisotopic (exact) mass is 382 g/mol. The van der Waals surface area contributed by atoms with Crippen LogP contribution in [0.4, 0.5) is 11.4 Å². The zero-order chi connectivity index (χ0) is 13.8. The fraction of sp³-hybridized carbons (Fsp3) is 0.200. The predicted octanol–water partition coefficient (Wildman–Crippen LogP) is 4.89. The number of hydrogen-bond acceptors (Lipinski definition) is 2. The van der Waals surface area contributed by atoms with Crippen LogP contribution in [0.3, 0.4) is 0 Å². The van der Waals surface area contributed by atoms with Crippen LogP contribution in [0.15, 0.2) is 51.4 Å². The number of anilines is 2. The van der Waals surface area contributed by atoms with E-state index in [0.29, 0.717) is 0 Å². The van der Waals surface area contributed by atoms with E-state index in [-0.39, 0.29) is 0 Å². The van der Waals surface area contributed by atoms with Crippen LogP contribution in [0.25, 0.3) is 0 Å². The summed E-state index contributed by atoms with van der Waals surface area (Å²) in [6, 6.07) is 14.7. The lowest BCUT2D eigenvalue weighted by Gasteiger charge is -2.14. The highest BCUT2D eigenvalue weighted by Crippen LogP contribution is 2.24. The number of nitrogens with zero attached hydrogens (tertiary/aromatic N) is 1. The highest BCUT2D eigenvalue weighted by Gasteiger charge is 2.00. The van der Waals surface area contributed by atoms with E-state index in [9.17, 15) is 0 Å². The largest absolute Gasteiger partial charge is 0.381 e. The lowest BCUT2D eigenvalue weighted by molar-refractivity contribution is 1.12. The van der Waals surface area contributed by atoms with Crippen molar-refractivity contribution in [3.05, 3.63) is 57.0 Å². The van der Waals surface area contributed by atoms with Gasteiger partial charge in [-0.2, -0.15) is 0 Å². The van der Waals surface area contributed by atoms with Crippen molar-refractivity contribution >= 4 is 43.2 Å². The fourth-order valence-corrected chi connectivity index (χ4v) is 2.42. The van der Waals surface area contributed by atoms with Crippen LogP contribution in [0, 0.1) is 0 Å². The van der Waals surface area contributed by atoms with Crippen molar-refractivity contribution in [1.29, 1.82) is 0 Å². The van der Waals surface area contributed by atoms with Crippen LogP contribution in [-0.4, -0.2) is 14.1 Å². The first-order valence-corrected chi connectivity index (χ1v) is 7.60. The number of halogens is 2. The predicted molar refractivity (Wildman–Crippen MR) is 89.9 cm³/mol. The normalized spacial score (nSPS) is 10.3. The summed E-state index contributed by atoms with van der Waals surface area (Å²) < 4.78 is 2.15. The molecule has 0 spiro atoms. The maximum Gasteiger partial charge on any atom is 0.0401 e. The van der Waals surface area contributed by atoms with Crippen LogP contribution < -0.4 is 10.2 Å². The van der Waals surface area contributed by atoms with Crippen molar-refractivity contribution in [3.63, 3.8) is 0 Å². The minimum Gasteiger partial charge on any atom is -0.381 e. The summed E-state index contributed by atoms with van der Waals surface area (Å²) in [6.07, 6.45) is 0. The average molecular weight is 384 g/mol. The molecule has 2 aromatic rings. The Kier molecular flexibility index (Phi) is 4.88. The third-order valence-corrected chi connectivity index (χ3v) is 4.72. The van der Waals surface area contributed by atoms with Crippen LogP contribution in [0.1, 0.15) is 5.56 Å². The summed E-state index contributed by atoms with van der Waals surface area (Å²) >= 11 is 7.00. The van der Waals surface area contributed by atoms with Crippen molar-refractivity contribution in [2.45, 2.75) is 6.54 Å². The molecule has 0 amide bonds. The van der Waals surface area contributed by atoms with Gasteiger partial charge in [0.25, 0.3) is 0 Å². The van der Waals surface area contributed by atoms with Crippen molar-refractivity contribution < 1.29 is 0 Å². The van der Waals surface area contributed by atoms with Gasteiger partial charge in [-0.3, -0.25) is 0 Å². The Balaban J connectivity index is 2.05. The molecule has 0 aliphatic heterocycles. The molecule has 100 valence electrons. The molecule has 0 saturated carbocycles. The summed E-state index contributed by atoms with van der Waals surface area (Å²) in [6.45, 7) is 0.808. The summed E-state index contributed by atoms with van der Waals surface area (Å²) in [5, 5.41) is 3.44. The zero-order valence-electron chi connectivity index (χ0n) is 11.0. The second-order valence-corrected chi connectivity index (χ2v) is 6.26. The van der Waals surface area contributed by atoms with Gasteiger partial charge in [0.1, 0.15) is 0 Å². The third kappa shape index (κ3) is 3.98. The molecule has 0 fully saturated rings. The Morgan fingerprint density at radius 3 is 2.47 bits per heavy atom. The van der Waals surface area contributed by atoms with Crippen molar-refractivity contribution in [1.82, 2.24) is 0 Å². The van der Waals surface area contributed by atoms with Gasteiger partial charge < -0.3 is 10.2 Å². The van der Waals surface area contributed by atoms with Crippen LogP contribution >= 0.6 is 31.9 Å². The van der Waals surface area contributed by atoms with Crippen molar-refractivity contribution in [2.75, 3.05) is 24.3 Å². The molecular weight excluding hydrogens is 368 g/mol. The quantitative estimate of drug-likeness (QED) is 0.808. The van der Waals surface area contributed by atoms with E-state index in [1.54, 1.807) is 0 Å². The van der Waals surface area contributed by atoms with Gasteiger partial charge in [0, 0.05) is 41.0 Å². The van der Waals surface area contributed by atoms with E-state index >= 15 is 0 Å². The molecule has 0 radical (unpaired) electrons. The van der Waals surface area contributed by atoms with E-state index in [0.717, 1.165) is 21.2 Å². The maximum absolute atomic E-state index is 3.52. The molecule has 0 heterocycles. The van der Waals surface area contributed by atoms with Gasteiger partial charge in [0.2, 0.25) is 0 Å². The van der Waals surface area contributed by atoms with E-state index < -0.39 is 0 Å². The smallest absolute Gasteiger partial charge is 0.0401 e. The Bertz CT molecular complexity index is 568. The number of benzene rings is 2. The standard InChI is InChI=1S/C15H16Br2N2/c1-19(2)13-5-3-4-12(9-13)18-10-11-6-7-14(16)15(17)8-11/h3-9,18H,10H2,1-2H3. The minimum atomic E-state index is 0.808. The molecule has 0 unspecified atom stereocenters. The molecule has 4 heteroatoms. The molecule has 0 aromatic heterocycles. The Morgan fingerprint density at radius 1 is 1.00 bits per heavy atom. The average Bonchev–Trinajstić information content (AvgIpc) is 2.40. The van der Waals surface area contributed by atoms with Gasteiger partial charge in [-0.05, 0) is 67.8 Å². The summed E-state index contributed by atoms with van der Waals surface area (Å²) in [5.74, 6) is 0. The zero-order valence-corrected chi connectivity index (χ0v) is 14.1. The molecule has 0 atom stereocenters.